The highest BCUT2D eigenvalue weighted by molar-refractivity contribution is 5.65. The van der Waals surface area contributed by atoms with Crippen LogP contribution in [0.5, 0.6) is 0 Å². The maximum Gasteiger partial charge on any atom is 0.304 e. The van der Waals surface area contributed by atoms with Gasteiger partial charge in [-0.15, -0.1) is 0 Å². The SMILES string of the molecule is CC(=O)OCN(CC1([N+](=O)[O-])CN([N+](=O)[O-])CN([N+](=O)[O-])C1)[N+](=O)[O-]. The molecule has 17 heteroatoms. The summed E-state index contributed by atoms with van der Waals surface area (Å²) in [5.74, 6) is -0.899. The molecule has 0 aromatic heterocycles. The zero-order valence-corrected chi connectivity index (χ0v) is 12.7. The van der Waals surface area contributed by atoms with Crippen molar-refractivity contribution in [3.63, 3.8) is 0 Å². The molecule has 1 aliphatic heterocycles. The van der Waals surface area contributed by atoms with Crippen LogP contribution in [0.2, 0.25) is 0 Å². The molecule has 1 aliphatic rings. The smallest absolute Gasteiger partial charge is 0.304 e. The molecule has 0 unspecified atom stereocenters. The monoisotopic (exact) mass is 367 g/mol. The second kappa shape index (κ2) is 7.36. The third-order valence-corrected chi connectivity index (χ3v) is 3.25. The van der Waals surface area contributed by atoms with E-state index in [1.807, 2.05) is 0 Å². The van der Waals surface area contributed by atoms with Crippen molar-refractivity contribution in [1.29, 1.82) is 0 Å². The molecule has 0 amide bonds. The minimum atomic E-state index is -2.44. The third-order valence-electron chi connectivity index (χ3n) is 3.25. The molecule has 0 aromatic rings. The summed E-state index contributed by atoms with van der Waals surface area (Å²) in [5, 5.41) is 41.6. The molecule has 0 spiro atoms. The summed E-state index contributed by atoms with van der Waals surface area (Å²) in [6, 6.07) is 0. The Bertz CT molecular complexity index is 574. The van der Waals surface area contributed by atoms with E-state index in [0.29, 0.717) is 0 Å². The highest BCUT2D eigenvalue weighted by Gasteiger charge is 2.58. The van der Waals surface area contributed by atoms with E-state index in [1.54, 1.807) is 0 Å². The standard InChI is InChI=1S/C8H13N7O10/c1-7(16)25-6-11(15(23)24)4-8(12(17)18)2-9(13(19)20)5-10(3-8)14(21)22/h2-6H2,1H3. The lowest BCUT2D eigenvalue weighted by Crippen LogP contribution is -2.69. The molecule has 140 valence electrons. The van der Waals surface area contributed by atoms with Crippen molar-refractivity contribution in [1.82, 2.24) is 15.0 Å². The molecule has 1 saturated heterocycles. The molecule has 25 heavy (non-hydrogen) atoms. The largest absolute Gasteiger partial charge is 0.439 e. The average Bonchev–Trinajstić information content (AvgIpc) is 2.50. The number of hydrogen-bond donors (Lipinski definition) is 0. The highest BCUT2D eigenvalue weighted by atomic mass is 16.7. The van der Waals surface area contributed by atoms with Crippen molar-refractivity contribution in [3.05, 3.63) is 40.5 Å². The fraction of sp³-hybridized carbons (Fsp3) is 0.875. The van der Waals surface area contributed by atoms with Crippen molar-refractivity contribution in [3.8, 4) is 0 Å². The van der Waals surface area contributed by atoms with E-state index in [-0.39, 0.29) is 15.0 Å². The van der Waals surface area contributed by atoms with Crippen molar-refractivity contribution >= 4 is 5.97 Å². The molecule has 0 aromatic carbocycles. The minimum absolute atomic E-state index is 0.145. The van der Waals surface area contributed by atoms with Gasteiger partial charge in [0.1, 0.15) is 0 Å². The van der Waals surface area contributed by atoms with E-state index in [2.05, 4.69) is 4.74 Å². The number of esters is 1. The van der Waals surface area contributed by atoms with Crippen molar-refractivity contribution in [2.45, 2.75) is 12.5 Å². The van der Waals surface area contributed by atoms with Gasteiger partial charge in [-0.05, 0) is 0 Å². The molecule has 0 saturated carbocycles. The van der Waals surface area contributed by atoms with Crippen LogP contribution in [0.3, 0.4) is 0 Å². The first-order valence-electron chi connectivity index (χ1n) is 6.44. The van der Waals surface area contributed by atoms with Crippen LogP contribution in [0.15, 0.2) is 0 Å². The Morgan fingerprint density at radius 1 is 1.08 bits per heavy atom. The van der Waals surface area contributed by atoms with Gasteiger partial charge in [0.2, 0.25) is 13.4 Å². The molecule has 0 aliphatic carbocycles. The summed E-state index contributed by atoms with van der Waals surface area (Å²) in [4.78, 5) is 54.0. The first-order valence-corrected chi connectivity index (χ1v) is 6.44. The predicted molar refractivity (Wildman–Crippen MR) is 72.3 cm³/mol. The van der Waals surface area contributed by atoms with Gasteiger partial charge in [-0.3, -0.25) is 14.9 Å². The van der Waals surface area contributed by atoms with E-state index < -0.39 is 64.6 Å². The Hall–Kier alpha value is -3.53. The zero-order chi connectivity index (χ0) is 19.4. The molecule has 1 heterocycles. The second-order valence-corrected chi connectivity index (χ2v) is 5.10. The van der Waals surface area contributed by atoms with Crippen molar-refractivity contribution in [2.24, 2.45) is 0 Å². The normalized spacial score (nSPS) is 16.0. The van der Waals surface area contributed by atoms with Crippen LogP contribution in [-0.4, -0.2) is 79.6 Å². The van der Waals surface area contributed by atoms with Gasteiger partial charge >= 0.3 is 5.97 Å². The van der Waals surface area contributed by atoms with Gasteiger partial charge < -0.3 is 4.74 Å². The number of rotatable bonds is 8. The molecule has 0 atom stereocenters. The highest BCUT2D eigenvalue weighted by Crippen LogP contribution is 2.22. The zero-order valence-electron chi connectivity index (χ0n) is 12.7. The Morgan fingerprint density at radius 3 is 1.88 bits per heavy atom. The van der Waals surface area contributed by atoms with E-state index in [0.717, 1.165) is 6.92 Å². The number of ether oxygens (including phenoxy) is 1. The molecular weight excluding hydrogens is 354 g/mol. The Kier molecular flexibility index (Phi) is 5.75. The summed E-state index contributed by atoms with van der Waals surface area (Å²) >= 11 is 0. The number of carbonyl (C=O) groups excluding carboxylic acids is 1. The molecule has 1 fully saturated rings. The van der Waals surface area contributed by atoms with E-state index in [4.69, 9.17) is 0 Å². The van der Waals surface area contributed by atoms with Crippen molar-refractivity contribution < 1.29 is 29.6 Å². The van der Waals surface area contributed by atoms with E-state index in [9.17, 15) is 45.3 Å². The van der Waals surface area contributed by atoms with Crippen LogP contribution in [0, 0.1) is 40.5 Å². The van der Waals surface area contributed by atoms with Crippen LogP contribution < -0.4 is 0 Å². The summed E-state index contributed by atoms with van der Waals surface area (Å²) in [7, 11) is 0. The summed E-state index contributed by atoms with van der Waals surface area (Å²) in [5.41, 5.74) is -2.44. The molecule has 17 nitrogen and oxygen atoms in total. The molecule has 1 rings (SSSR count). The first-order chi connectivity index (χ1) is 11.5. The minimum Gasteiger partial charge on any atom is -0.439 e. The van der Waals surface area contributed by atoms with Crippen LogP contribution in [0.4, 0.5) is 0 Å². The van der Waals surface area contributed by atoms with Gasteiger partial charge in [-0.2, -0.15) is 0 Å². The van der Waals surface area contributed by atoms with Gasteiger partial charge in [0.25, 0.3) is 5.54 Å². The third kappa shape index (κ3) is 4.72. The maximum absolute atomic E-state index is 11.5. The fourth-order valence-corrected chi connectivity index (χ4v) is 2.17. The van der Waals surface area contributed by atoms with Crippen LogP contribution in [0.1, 0.15) is 6.92 Å². The molecular formula is C8H13N7O10. The first kappa shape index (κ1) is 19.5. The number of hydrogen-bond acceptors (Lipinski definition) is 10. The van der Waals surface area contributed by atoms with E-state index in [1.165, 1.54) is 0 Å². The van der Waals surface area contributed by atoms with Crippen LogP contribution in [0.25, 0.3) is 0 Å². The number of carbonyl (C=O) groups is 1. The fourth-order valence-electron chi connectivity index (χ4n) is 2.17. The average molecular weight is 367 g/mol. The number of hydrazine groups is 3. The molecule has 0 bridgehead atoms. The number of nitrogens with zero attached hydrogens (tertiary/aromatic N) is 7. The Labute approximate surface area is 137 Å². The Balaban J connectivity index is 3.16. The lowest BCUT2D eigenvalue weighted by Gasteiger charge is -2.34. The summed E-state index contributed by atoms with van der Waals surface area (Å²) < 4.78 is 4.41. The predicted octanol–water partition coefficient (Wildman–Crippen LogP) is -2.03. The van der Waals surface area contributed by atoms with Gasteiger partial charge in [0.15, 0.2) is 34.7 Å². The summed E-state index contributed by atoms with van der Waals surface area (Å²) in [6.07, 6.45) is 0. The maximum atomic E-state index is 11.5. The number of nitro groups is 4. The van der Waals surface area contributed by atoms with E-state index >= 15 is 0 Å². The lowest BCUT2D eigenvalue weighted by atomic mass is 9.98. The Morgan fingerprint density at radius 2 is 1.56 bits per heavy atom. The topological polar surface area (TPSA) is 209 Å². The van der Waals surface area contributed by atoms with Crippen molar-refractivity contribution in [2.75, 3.05) is 33.0 Å². The summed E-state index contributed by atoms with van der Waals surface area (Å²) in [6.45, 7) is -3.74. The second-order valence-electron chi connectivity index (χ2n) is 5.10. The van der Waals surface area contributed by atoms with Gasteiger partial charge in [-0.1, -0.05) is 15.0 Å². The van der Waals surface area contributed by atoms with Gasteiger partial charge in [0.05, 0.1) is 0 Å². The van der Waals surface area contributed by atoms with Crippen LogP contribution >= 0.6 is 0 Å². The van der Waals surface area contributed by atoms with Crippen LogP contribution in [-0.2, 0) is 9.53 Å². The van der Waals surface area contributed by atoms with Gasteiger partial charge in [-0.25, -0.2) is 30.3 Å². The molecule has 0 N–H and O–H groups in total. The lowest BCUT2D eigenvalue weighted by molar-refractivity contribution is -0.749. The molecule has 0 radical (unpaired) electrons. The van der Waals surface area contributed by atoms with Gasteiger partial charge in [0, 0.05) is 11.8 Å². The quantitative estimate of drug-likeness (QED) is 0.196.